The van der Waals surface area contributed by atoms with Crippen LogP contribution in [0, 0.1) is 5.92 Å². The first kappa shape index (κ1) is 29.3. The van der Waals surface area contributed by atoms with E-state index in [1.807, 2.05) is 0 Å². The molecule has 186 valence electrons. The normalized spacial score (nSPS) is 11.8. The lowest BCUT2D eigenvalue weighted by Crippen LogP contribution is -2.54. The smallest absolute Gasteiger partial charge is 0.306 e. The monoisotopic (exact) mass is 472 g/mol. The Balaban J connectivity index is 4.34. The molecule has 0 fully saturated rings. The first-order valence-electron chi connectivity index (χ1n) is 10.3. The van der Waals surface area contributed by atoms with E-state index >= 15 is 0 Å². The summed E-state index contributed by atoms with van der Waals surface area (Å²) in [7, 11) is 1.39. The predicted octanol–water partition coefficient (Wildman–Crippen LogP) is -3.41. The fourth-order valence-corrected chi connectivity index (χ4v) is 2.43. The van der Waals surface area contributed by atoms with E-state index in [0.717, 1.165) is 0 Å². The van der Waals surface area contributed by atoms with Gasteiger partial charge in [0.15, 0.2) is 0 Å². The summed E-state index contributed by atoms with van der Waals surface area (Å²) >= 11 is 0. The minimum absolute atomic E-state index is 0.0505. The van der Waals surface area contributed by atoms with Crippen LogP contribution in [0.3, 0.4) is 0 Å². The van der Waals surface area contributed by atoms with Gasteiger partial charge in [0.2, 0.25) is 35.4 Å². The summed E-state index contributed by atoms with van der Waals surface area (Å²) in [4.78, 5) is 80.9. The van der Waals surface area contributed by atoms with E-state index < -0.39 is 66.5 Å². The van der Waals surface area contributed by atoms with E-state index in [0.29, 0.717) is 6.42 Å². The quantitative estimate of drug-likeness (QED) is 0.127. The largest absolute Gasteiger partial charge is 0.481 e. The highest BCUT2D eigenvalue weighted by molar-refractivity contribution is 5.91. The van der Waals surface area contributed by atoms with Crippen LogP contribution in [0.4, 0.5) is 0 Å². The maximum atomic E-state index is 12.1. The number of rotatable bonds is 15. The second-order valence-electron chi connectivity index (χ2n) is 6.98. The van der Waals surface area contributed by atoms with E-state index in [1.54, 1.807) is 6.92 Å². The Labute approximate surface area is 191 Å². The van der Waals surface area contributed by atoms with Crippen molar-refractivity contribution in [2.24, 2.45) is 5.92 Å². The molecule has 0 saturated heterocycles. The second-order valence-corrected chi connectivity index (χ2v) is 6.98. The number of nitrogens with one attached hydrogen (secondary N) is 6. The van der Waals surface area contributed by atoms with E-state index in [1.165, 1.54) is 14.0 Å². The molecule has 0 heterocycles. The Kier molecular flexibility index (Phi) is 14.2. The van der Waals surface area contributed by atoms with Crippen LogP contribution < -0.4 is 31.9 Å². The summed E-state index contributed by atoms with van der Waals surface area (Å²) in [6.07, 6.45) is 0.482. The molecule has 0 spiro atoms. The molecule has 0 aromatic carbocycles. The number of carbonyl (C=O) groups excluding carboxylic acids is 6. The number of aliphatic carboxylic acids is 1. The zero-order chi connectivity index (χ0) is 25.4. The van der Waals surface area contributed by atoms with Crippen LogP contribution in [0.5, 0.6) is 0 Å². The van der Waals surface area contributed by atoms with Gasteiger partial charge in [-0.2, -0.15) is 0 Å². The summed E-state index contributed by atoms with van der Waals surface area (Å²) in [5.74, 6) is -5.08. The van der Waals surface area contributed by atoms with E-state index in [-0.39, 0.29) is 25.9 Å². The van der Waals surface area contributed by atoms with Crippen molar-refractivity contribution in [1.29, 1.82) is 0 Å². The maximum Gasteiger partial charge on any atom is 0.306 e. The molecule has 33 heavy (non-hydrogen) atoms. The van der Waals surface area contributed by atoms with Gasteiger partial charge in [-0.3, -0.25) is 33.6 Å². The molecule has 2 atom stereocenters. The molecule has 0 aliphatic carbocycles. The van der Waals surface area contributed by atoms with Gasteiger partial charge < -0.3 is 37.0 Å². The molecule has 0 rings (SSSR count). The second kappa shape index (κ2) is 16.0. The molecule has 14 nitrogen and oxygen atoms in total. The Morgan fingerprint density at radius 1 is 0.788 bits per heavy atom. The molecule has 0 bridgehead atoms. The molecule has 0 radical (unpaired) electrons. The van der Waals surface area contributed by atoms with Gasteiger partial charge in [0.05, 0.1) is 25.6 Å². The van der Waals surface area contributed by atoms with Crippen molar-refractivity contribution in [1.82, 2.24) is 31.9 Å². The number of carboxylic acids is 1. The van der Waals surface area contributed by atoms with Crippen LogP contribution in [-0.4, -0.2) is 85.8 Å². The summed E-state index contributed by atoms with van der Waals surface area (Å²) in [6.45, 7) is 1.44. The van der Waals surface area contributed by atoms with Gasteiger partial charge in [0, 0.05) is 26.9 Å². The fourth-order valence-electron chi connectivity index (χ4n) is 2.43. The van der Waals surface area contributed by atoms with Crippen LogP contribution in [0.1, 0.15) is 33.1 Å². The zero-order valence-corrected chi connectivity index (χ0v) is 18.9. The average Bonchev–Trinajstić information content (AvgIpc) is 2.76. The molecule has 0 aromatic heterocycles. The van der Waals surface area contributed by atoms with Crippen LogP contribution in [0.25, 0.3) is 0 Å². The summed E-state index contributed by atoms with van der Waals surface area (Å²) in [5, 5.41) is 22.9. The molecule has 6 amide bonds. The van der Waals surface area contributed by atoms with Crippen molar-refractivity contribution in [2.45, 2.75) is 39.2 Å². The lowest BCUT2D eigenvalue weighted by atomic mass is 10.0. The lowest BCUT2D eigenvalue weighted by Gasteiger charge is -2.18. The van der Waals surface area contributed by atoms with Crippen molar-refractivity contribution in [3.63, 3.8) is 0 Å². The minimum atomic E-state index is -1.14. The minimum Gasteiger partial charge on any atom is -0.481 e. The molecule has 0 saturated carbocycles. The first-order valence-corrected chi connectivity index (χ1v) is 10.3. The third kappa shape index (κ3) is 14.1. The Hall–Kier alpha value is -3.71. The molecule has 2 unspecified atom stereocenters. The van der Waals surface area contributed by atoms with Crippen molar-refractivity contribution >= 4 is 41.4 Å². The number of carbonyl (C=O) groups is 7. The van der Waals surface area contributed by atoms with Crippen molar-refractivity contribution in [2.75, 3.05) is 33.2 Å². The number of amides is 6. The summed E-state index contributed by atoms with van der Waals surface area (Å²) < 4.78 is 0. The predicted molar refractivity (Wildman–Crippen MR) is 114 cm³/mol. The zero-order valence-electron chi connectivity index (χ0n) is 18.9. The van der Waals surface area contributed by atoms with E-state index in [9.17, 15) is 33.6 Å². The third-order valence-electron chi connectivity index (χ3n) is 4.35. The topological polar surface area (TPSA) is 212 Å². The standard InChI is InChI=1S/C19H32N6O8/c1-4-12(19(32)33)5-6-14(27)22-9-17(30)23-10-16(29)21-7-13(25-11(2)26)18(31)24-8-15(28)20-3/h12-13H,4-10H2,1-3H3,(H,20,28)(H,21,29)(H,22,27)(H,23,30)(H,24,31)(H,25,26)(H,32,33). The van der Waals surface area contributed by atoms with Gasteiger partial charge in [0.25, 0.3) is 0 Å². The lowest BCUT2D eigenvalue weighted by molar-refractivity contribution is -0.142. The van der Waals surface area contributed by atoms with Crippen molar-refractivity contribution in [3.05, 3.63) is 0 Å². The van der Waals surface area contributed by atoms with Gasteiger partial charge in [-0.15, -0.1) is 0 Å². The van der Waals surface area contributed by atoms with Crippen molar-refractivity contribution in [3.8, 4) is 0 Å². The molecule has 7 N–H and O–H groups in total. The highest BCUT2D eigenvalue weighted by atomic mass is 16.4. The highest BCUT2D eigenvalue weighted by Crippen LogP contribution is 2.10. The SMILES string of the molecule is CCC(CCC(=O)NCC(=O)NCC(=O)NCC(NC(C)=O)C(=O)NCC(=O)NC)C(=O)O. The molecular weight excluding hydrogens is 440 g/mol. The molecule has 14 heteroatoms. The van der Waals surface area contributed by atoms with Gasteiger partial charge in [-0.25, -0.2) is 0 Å². The fraction of sp³-hybridized carbons (Fsp3) is 0.632. The molecule has 0 aliphatic heterocycles. The van der Waals surface area contributed by atoms with Crippen LogP contribution >= 0.6 is 0 Å². The number of hydrogen-bond acceptors (Lipinski definition) is 7. The molecule has 0 aliphatic rings. The third-order valence-corrected chi connectivity index (χ3v) is 4.35. The van der Waals surface area contributed by atoms with Gasteiger partial charge in [-0.05, 0) is 12.8 Å². The maximum absolute atomic E-state index is 12.1. The Bertz CT molecular complexity index is 742. The first-order chi connectivity index (χ1) is 15.5. The average molecular weight is 472 g/mol. The van der Waals surface area contributed by atoms with Gasteiger partial charge in [-0.1, -0.05) is 6.92 Å². The van der Waals surface area contributed by atoms with E-state index in [4.69, 9.17) is 5.11 Å². The number of carboxylic acid groups (broad SMARTS) is 1. The van der Waals surface area contributed by atoms with Gasteiger partial charge in [0.1, 0.15) is 6.04 Å². The van der Waals surface area contributed by atoms with Crippen molar-refractivity contribution < 1.29 is 38.7 Å². The molecule has 0 aromatic rings. The highest BCUT2D eigenvalue weighted by Gasteiger charge is 2.21. The summed E-state index contributed by atoms with van der Waals surface area (Å²) in [5.41, 5.74) is 0. The number of likely N-dealkylation sites (N-methyl/N-ethyl adjacent to an activating group) is 1. The van der Waals surface area contributed by atoms with Crippen LogP contribution in [0.2, 0.25) is 0 Å². The number of hydrogen-bond donors (Lipinski definition) is 7. The van der Waals surface area contributed by atoms with Crippen LogP contribution in [0.15, 0.2) is 0 Å². The Morgan fingerprint density at radius 3 is 1.85 bits per heavy atom. The molecular formula is C19H32N6O8. The van der Waals surface area contributed by atoms with Gasteiger partial charge >= 0.3 is 5.97 Å². The van der Waals surface area contributed by atoms with E-state index in [2.05, 4.69) is 31.9 Å². The Morgan fingerprint density at radius 2 is 1.33 bits per heavy atom. The van der Waals surface area contributed by atoms with Crippen LogP contribution in [-0.2, 0) is 33.6 Å². The summed E-state index contributed by atoms with van der Waals surface area (Å²) in [6, 6.07) is -1.14.